The highest BCUT2D eigenvalue weighted by atomic mass is 127. The third-order valence-electron chi connectivity index (χ3n) is 5.17. The molecule has 7 heteroatoms. The fourth-order valence-corrected chi connectivity index (χ4v) is 3.51. The van der Waals surface area contributed by atoms with Crippen molar-refractivity contribution in [2.24, 2.45) is 4.99 Å². The van der Waals surface area contributed by atoms with E-state index in [1.165, 1.54) is 24.0 Å². The Balaban J connectivity index is 0.00000320. The minimum Gasteiger partial charge on any atom is -0.443 e. The van der Waals surface area contributed by atoms with Crippen LogP contribution in [-0.4, -0.2) is 31.1 Å². The van der Waals surface area contributed by atoms with Crippen LogP contribution in [0.3, 0.4) is 0 Å². The van der Waals surface area contributed by atoms with Gasteiger partial charge in [-0.2, -0.15) is 0 Å². The molecule has 6 nitrogen and oxygen atoms in total. The Hall–Kier alpha value is -1.61. The maximum Gasteiger partial charge on any atom is 0.213 e. The number of benzene rings is 1. The number of fused-ring (bicyclic) bond motifs is 1. The first kappa shape index (κ1) is 24.7. The molecule has 1 aliphatic rings. The Kier molecular flexibility index (Phi) is 9.61. The molecular weight excluding hydrogens is 491 g/mol. The third kappa shape index (κ3) is 6.97. The second-order valence-electron chi connectivity index (χ2n) is 8.52. The minimum absolute atomic E-state index is 0. The molecule has 0 amide bonds. The molecule has 1 aromatic heterocycles. The summed E-state index contributed by atoms with van der Waals surface area (Å²) in [6.45, 7) is 8.37. The van der Waals surface area contributed by atoms with Crippen molar-refractivity contribution in [2.45, 2.75) is 64.5 Å². The van der Waals surface area contributed by atoms with Gasteiger partial charge in [-0.3, -0.25) is 4.99 Å². The topological polar surface area (TPSA) is 71.7 Å². The largest absolute Gasteiger partial charge is 0.443 e. The van der Waals surface area contributed by atoms with Gasteiger partial charge in [-0.05, 0) is 36.8 Å². The zero-order chi connectivity index (χ0) is 20.7. The Morgan fingerprint density at radius 2 is 2.07 bits per heavy atom. The Bertz CT molecular complexity index is 814. The minimum atomic E-state index is -0.0377. The van der Waals surface area contributed by atoms with Gasteiger partial charge in [-0.1, -0.05) is 45.0 Å². The van der Waals surface area contributed by atoms with E-state index >= 15 is 0 Å². The van der Waals surface area contributed by atoms with Crippen molar-refractivity contribution in [2.75, 3.05) is 20.2 Å². The van der Waals surface area contributed by atoms with Gasteiger partial charge in [-0.25, -0.2) is 4.98 Å². The summed E-state index contributed by atoms with van der Waals surface area (Å²) in [5, 5.41) is 6.57. The lowest BCUT2D eigenvalue weighted by Gasteiger charge is -2.25. The first-order valence-electron chi connectivity index (χ1n) is 10.6. The van der Waals surface area contributed by atoms with Gasteiger partial charge in [0.2, 0.25) is 5.89 Å². The van der Waals surface area contributed by atoms with Crippen LogP contribution in [0.1, 0.15) is 68.9 Å². The number of nitrogens with zero attached hydrogens (tertiary/aromatic N) is 2. The summed E-state index contributed by atoms with van der Waals surface area (Å²) in [4.78, 5) is 8.60. The van der Waals surface area contributed by atoms with E-state index in [0.717, 1.165) is 37.7 Å². The monoisotopic (exact) mass is 526 g/mol. The maximum absolute atomic E-state index is 6.16. The second-order valence-corrected chi connectivity index (χ2v) is 8.52. The van der Waals surface area contributed by atoms with Gasteiger partial charge < -0.3 is 19.8 Å². The van der Waals surface area contributed by atoms with E-state index in [2.05, 4.69) is 65.6 Å². The first-order chi connectivity index (χ1) is 14.0. The number of hydrogen-bond donors (Lipinski definition) is 2. The van der Waals surface area contributed by atoms with Crippen molar-refractivity contribution < 1.29 is 9.15 Å². The van der Waals surface area contributed by atoms with Crippen molar-refractivity contribution in [3.05, 3.63) is 53.2 Å². The Morgan fingerprint density at radius 1 is 1.27 bits per heavy atom. The van der Waals surface area contributed by atoms with Crippen LogP contribution in [0.15, 0.2) is 39.9 Å². The first-order valence-corrected chi connectivity index (χ1v) is 10.6. The van der Waals surface area contributed by atoms with Gasteiger partial charge in [0.1, 0.15) is 5.76 Å². The molecular formula is C23H35IN4O2. The smallest absolute Gasteiger partial charge is 0.213 e. The highest BCUT2D eigenvalue weighted by Gasteiger charge is 2.20. The number of hydrogen-bond acceptors (Lipinski definition) is 4. The van der Waals surface area contributed by atoms with Crippen LogP contribution in [0.5, 0.6) is 0 Å². The molecule has 30 heavy (non-hydrogen) atoms. The van der Waals surface area contributed by atoms with Crippen molar-refractivity contribution in [3.8, 4) is 0 Å². The zero-order valence-corrected chi connectivity index (χ0v) is 20.9. The lowest BCUT2D eigenvalue weighted by molar-refractivity contribution is 0.0398. The SMILES string of the molecule is CN=C(NCCCOC1CCCc2ccccc21)NCc1ncc(C(C)(C)C)o1.I. The Morgan fingerprint density at radius 3 is 2.80 bits per heavy atom. The molecule has 0 saturated heterocycles. The van der Waals surface area contributed by atoms with Crippen LogP contribution in [0.4, 0.5) is 0 Å². The molecule has 1 aliphatic carbocycles. The predicted molar refractivity (Wildman–Crippen MR) is 132 cm³/mol. The molecule has 2 aromatic rings. The van der Waals surface area contributed by atoms with Crippen LogP contribution >= 0.6 is 24.0 Å². The number of halogens is 1. The molecule has 0 saturated carbocycles. The van der Waals surface area contributed by atoms with Crippen LogP contribution in [0.2, 0.25) is 0 Å². The fourth-order valence-electron chi connectivity index (χ4n) is 3.51. The molecule has 1 heterocycles. The lowest BCUT2D eigenvalue weighted by Crippen LogP contribution is -2.37. The molecule has 1 unspecified atom stereocenters. The second kappa shape index (κ2) is 11.7. The van der Waals surface area contributed by atoms with Crippen molar-refractivity contribution in [1.82, 2.24) is 15.6 Å². The average molecular weight is 526 g/mol. The highest BCUT2D eigenvalue weighted by Crippen LogP contribution is 2.32. The summed E-state index contributed by atoms with van der Waals surface area (Å²) in [5.41, 5.74) is 2.77. The number of aliphatic imine (C=N–C) groups is 1. The van der Waals surface area contributed by atoms with Crippen molar-refractivity contribution >= 4 is 29.9 Å². The molecule has 3 rings (SSSR count). The zero-order valence-electron chi connectivity index (χ0n) is 18.5. The van der Waals surface area contributed by atoms with E-state index in [1.807, 2.05) is 0 Å². The molecule has 0 radical (unpaired) electrons. The third-order valence-corrected chi connectivity index (χ3v) is 5.17. The number of rotatable bonds is 7. The van der Waals surface area contributed by atoms with E-state index < -0.39 is 0 Å². The summed E-state index contributed by atoms with van der Waals surface area (Å²) < 4.78 is 12.0. The number of aryl methyl sites for hydroxylation is 1. The van der Waals surface area contributed by atoms with E-state index in [4.69, 9.17) is 9.15 Å². The number of ether oxygens (including phenoxy) is 1. The van der Waals surface area contributed by atoms with Gasteiger partial charge in [-0.15, -0.1) is 24.0 Å². The predicted octanol–water partition coefficient (Wildman–Crippen LogP) is 4.74. The van der Waals surface area contributed by atoms with E-state index in [-0.39, 0.29) is 35.5 Å². The maximum atomic E-state index is 6.16. The van der Waals surface area contributed by atoms with Crippen LogP contribution < -0.4 is 10.6 Å². The molecule has 0 bridgehead atoms. The Labute approximate surface area is 197 Å². The van der Waals surface area contributed by atoms with Crippen LogP contribution in [-0.2, 0) is 23.1 Å². The number of oxazole rings is 1. The van der Waals surface area contributed by atoms with Crippen LogP contribution in [0, 0.1) is 0 Å². The van der Waals surface area contributed by atoms with Crippen LogP contribution in [0.25, 0.3) is 0 Å². The number of nitrogens with one attached hydrogen (secondary N) is 2. The van der Waals surface area contributed by atoms with Gasteiger partial charge in [0.25, 0.3) is 0 Å². The van der Waals surface area contributed by atoms with Gasteiger partial charge >= 0.3 is 0 Å². The summed E-state index contributed by atoms with van der Waals surface area (Å²) >= 11 is 0. The number of aromatic nitrogens is 1. The normalized spacial score (nSPS) is 16.5. The van der Waals surface area contributed by atoms with Gasteiger partial charge in [0.15, 0.2) is 5.96 Å². The summed E-state index contributed by atoms with van der Waals surface area (Å²) in [6.07, 6.45) is 6.44. The number of guanidine groups is 1. The molecule has 0 aliphatic heterocycles. The van der Waals surface area contributed by atoms with Crippen molar-refractivity contribution in [1.29, 1.82) is 0 Å². The van der Waals surface area contributed by atoms with Gasteiger partial charge in [0, 0.05) is 25.6 Å². The lowest BCUT2D eigenvalue weighted by atomic mass is 9.89. The average Bonchev–Trinajstić information content (AvgIpc) is 3.20. The molecule has 166 valence electrons. The molecule has 1 atom stereocenters. The fraction of sp³-hybridized carbons (Fsp3) is 0.565. The standard InChI is InChI=1S/C23H34N4O2.HI/c1-23(2,3)20-15-26-21(29-20)16-27-22(24-4)25-13-8-14-28-19-12-7-10-17-9-5-6-11-18(17)19;/h5-6,9,11,15,19H,7-8,10,12-14,16H2,1-4H3,(H2,24,25,27);1H. The summed E-state index contributed by atoms with van der Waals surface area (Å²) in [5.74, 6) is 2.29. The van der Waals surface area contributed by atoms with Crippen molar-refractivity contribution in [3.63, 3.8) is 0 Å². The highest BCUT2D eigenvalue weighted by molar-refractivity contribution is 14.0. The molecule has 0 fully saturated rings. The molecule has 1 aromatic carbocycles. The van der Waals surface area contributed by atoms with E-state index in [0.29, 0.717) is 12.4 Å². The van der Waals surface area contributed by atoms with E-state index in [1.54, 1.807) is 13.2 Å². The van der Waals surface area contributed by atoms with E-state index in [9.17, 15) is 0 Å². The quantitative estimate of drug-likeness (QED) is 0.236. The molecule has 2 N–H and O–H groups in total. The summed E-state index contributed by atoms with van der Waals surface area (Å²) in [6, 6.07) is 8.65. The summed E-state index contributed by atoms with van der Waals surface area (Å²) in [7, 11) is 1.76. The van der Waals surface area contributed by atoms with Gasteiger partial charge in [0.05, 0.1) is 18.8 Å². The molecule has 0 spiro atoms.